The van der Waals surface area contributed by atoms with Crippen molar-refractivity contribution < 1.29 is 14.3 Å². The fourth-order valence-corrected chi connectivity index (χ4v) is 1.17. The van der Waals surface area contributed by atoms with Crippen LogP contribution < -0.4 is 10.5 Å². The van der Waals surface area contributed by atoms with Crippen molar-refractivity contribution in [3.63, 3.8) is 0 Å². The van der Waals surface area contributed by atoms with Crippen LogP contribution in [0.3, 0.4) is 0 Å². The lowest BCUT2D eigenvalue weighted by Crippen LogP contribution is -2.09. The lowest BCUT2D eigenvalue weighted by Gasteiger charge is -2.08. The zero-order valence-corrected chi connectivity index (χ0v) is 8.46. The number of methoxy groups -OCH3 is 2. The van der Waals surface area contributed by atoms with E-state index in [1.165, 1.54) is 20.3 Å². The molecule has 0 saturated carbocycles. The number of anilines is 1. The zero-order chi connectivity index (χ0) is 10.7. The number of ether oxygens (including phenoxy) is 2. The quantitative estimate of drug-likeness (QED) is 0.592. The Balaban J connectivity index is 3.32. The number of hydrogen-bond donors (Lipinski definition) is 1. The van der Waals surface area contributed by atoms with E-state index in [0.29, 0.717) is 0 Å². The first kappa shape index (κ1) is 10.6. The minimum absolute atomic E-state index is 0.0278. The average molecular weight is 217 g/mol. The van der Waals surface area contributed by atoms with Crippen molar-refractivity contribution in [3.8, 4) is 5.75 Å². The van der Waals surface area contributed by atoms with Gasteiger partial charge in [0.15, 0.2) is 11.4 Å². The number of carbonyl (C=O) groups is 1. The summed E-state index contributed by atoms with van der Waals surface area (Å²) in [5.41, 5.74) is 5.78. The number of nitrogens with two attached hydrogens (primary N) is 1. The summed E-state index contributed by atoms with van der Waals surface area (Å²) in [5, 5.41) is 0.115. The summed E-state index contributed by atoms with van der Waals surface area (Å²) in [5.74, 6) is -0.475. The van der Waals surface area contributed by atoms with Gasteiger partial charge in [-0.15, -0.1) is 0 Å². The normalized spacial score (nSPS) is 9.64. The van der Waals surface area contributed by atoms with Crippen LogP contribution in [0.1, 0.15) is 10.5 Å². The van der Waals surface area contributed by atoms with E-state index < -0.39 is 5.97 Å². The third kappa shape index (κ3) is 1.88. The van der Waals surface area contributed by atoms with Gasteiger partial charge in [0.05, 0.1) is 19.9 Å². The molecule has 0 aromatic carbocycles. The molecule has 0 radical (unpaired) electrons. The molecule has 0 amide bonds. The predicted octanol–water partition coefficient (Wildman–Crippen LogP) is 1.11. The van der Waals surface area contributed by atoms with Crippen molar-refractivity contribution in [1.82, 2.24) is 4.98 Å². The average Bonchev–Trinajstić information content (AvgIpc) is 2.15. The van der Waals surface area contributed by atoms with Crippen molar-refractivity contribution in [2.24, 2.45) is 0 Å². The molecule has 0 atom stereocenters. The highest BCUT2D eigenvalue weighted by Crippen LogP contribution is 2.27. The number of esters is 1. The lowest BCUT2D eigenvalue weighted by atomic mass is 10.3. The third-order valence-electron chi connectivity index (χ3n) is 1.55. The summed E-state index contributed by atoms with van der Waals surface area (Å²) in [6.45, 7) is 0. The molecular weight excluding hydrogens is 208 g/mol. The van der Waals surface area contributed by atoms with Gasteiger partial charge in [-0.25, -0.2) is 9.78 Å². The molecule has 0 unspecified atom stereocenters. The molecule has 0 saturated heterocycles. The summed E-state index contributed by atoms with van der Waals surface area (Å²) in [7, 11) is 2.62. The van der Waals surface area contributed by atoms with Crippen molar-refractivity contribution in [2.75, 3.05) is 20.0 Å². The minimum atomic E-state index is -0.643. The van der Waals surface area contributed by atoms with E-state index in [9.17, 15) is 4.79 Å². The summed E-state index contributed by atoms with van der Waals surface area (Å²) < 4.78 is 9.40. The maximum absolute atomic E-state index is 11.2. The first-order valence-electron chi connectivity index (χ1n) is 3.68. The number of halogens is 1. The van der Waals surface area contributed by atoms with Gasteiger partial charge < -0.3 is 15.2 Å². The highest BCUT2D eigenvalue weighted by molar-refractivity contribution is 6.30. The maximum atomic E-state index is 11.2. The first-order chi connectivity index (χ1) is 6.60. The standard InChI is InChI=1S/C8H9ClN2O3/c1-13-7-4(10)3-5(9)11-6(7)8(12)14-2/h3H,1-2H3,(H2,10,11). The van der Waals surface area contributed by atoms with E-state index in [4.69, 9.17) is 22.1 Å². The molecule has 0 fully saturated rings. The number of hydrogen-bond acceptors (Lipinski definition) is 5. The van der Waals surface area contributed by atoms with Crippen LogP contribution in [0.5, 0.6) is 5.75 Å². The molecule has 0 bridgehead atoms. The molecular formula is C8H9ClN2O3. The number of nitrogen functional groups attached to an aromatic ring is 1. The zero-order valence-electron chi connectivity index (χ0n) is 7.70. The molecule has 0 spiro atoms. The Labute approximate surface area is 85.8 Å². The SMILES string of the molecule is COC(=O)c1nc(Cl)cc(N)c1OC. The van der Waals surface area contributed by atoms with Crippen molar-refractivity contribution in [2.45, 2.75) is 0 Å². The van der Waals surface area contributed by atoms with Gasteiger partial charge in [0.1, 0.15) is 5.15 Å². The van der Waals surface area contributed by atoms with Crippen LogP contribution in [0.15, 0.2) is 6.07 Å². The Morgan fingerprint density at radius 2 is 2.21 bits per heavy atom. The Bertz CT molecular complexity index is 368. The number of carbonyl (C=O) groups excluding carboxylic acids is 1. The van der Waals surface area contributed by atoms with Crippen molar-refractivity contribution >= 4 is 23.3 Å². The van der Waals surface area contributed by atoms with E-state index in [2.05, 4.69) is 9.72 Å². The number of aromatic nitrogens is 1. The van der Waals surface area contributed by atoms with E-state index in [1.54, 1.807) is 0 Å². The molecule has 14 heavy (non-hydrogen) atoms. The van der Waals surface area contributed by atoms with Crippen LogP contribution in [0, 0.1) is 0 Å². The van der Waals surface area contributed by atoms with Gasteiger partial charge in [0.2, 0.25) is 0 Å². The fraction of sp³-hybridized carbons (Fsp3) is 0.250. The second kappa shape index (κ2) is 4.15. The van der Waals surface area contributed by atoms with Gasteiger partial charge in [-0.1, -0.05) is 11.6 Å². The van der Waals surface area contributed by atoms with Gasteiger partial charge in [-0.2, -0.15) is 0 Å². The molecule has 76 valence electrons. The van der Waals surface area contributed by atoms with Crippen LogP contribution in [0.4, 0.5) is 5.69 Å². The highest BCUT2D eigenvalue weighted by Gasteiger charge is 2.18. The first-order valence-corrected chi connectivity index (χ1v) is 4.06. The Hall–Kier alpha value is -1.49. The molecule has 1 heterocycles. The molecule has 0 aliphatic carbocycles. The molecule has 6 heteroatoms. The fourth-order valence-electron chi connectivity index (χ4n) is 0.970. The van der Waals surface area contributed by atoms with E-state index in [1.807, 2.05) is 0 Å². The van der Waals surface area contributed by atoms with Gasteiger partial charge in [-0.3, -0.25) is 0 Å². The molecule has 2 N–H and O–H groups in total. The summed E-state index contributed by atoms with van der Waals surface area (Å²) >= 11 is 5.63. The molecule has 1 aromatic rings. The Morgan fingerprint density at radius 3 is 2.71 bits per heavy atom. The second-order valence-electron chi connectivity index (χ2n) is 2.41. The van der Waals surface area contributed by atoms with Crippen LogP contribution >= 0.6 is 11.6 Å². The third-order valence-corrected chi connectivity index (χ3v) is 1.75. The van der Waals surface area contributed by atoms with E-state index in [0.717, 1.165) is 0 Å². The van der Waals surface area contributed by atoms with Gasteiger partial charge in [-0.05, 0) is 0 Å². The summed E-state index contributed by atoms with van der Waals surface area (Å²) in [4.78, 5) is 15.0. The molecule has 1 aromatic heterocycles. The van der Waals surface area contributed by atoms with Gasteiger partial charge >= 0.3 is 5.97 Å². The van der Waals surface area contributed by atoms with Gasteiger partial charge in [0, 0.05) is 6.07 Å². The van der Waals surface area contributed by atoms with Crippen LogP contribution in [0.2, 0.25) is 5.15 Å². The molecule has 0 aliphatic rings. The van der Waals surface area contributed by atoms with Crippen LogP contribution in [-0.4, -0.2) is 25.2 Å². The monoisotopic (exact) mass is 216 g/mol. The van der Waals surface area contributed by atoms with E-state index in [-0.39, 0.29) is 22.3 Å². The summed E-state index contributed by atoms with van der Waals surface area (Å²) in [6, 6.07) is 1.40. The number of nitrogens with zero attached hydrogens (tertiary/aromatic N) is 1. The predicted molar refractivity (Wildman–Crippen MR) is 51.6 cm³/mol. The molecule has 1 rings (SSSR count). The second-order valence-corrected chi connectivity index (χ2v) is 2.79. The number of pyridine rings is 1. The molecule has 0 aliphatic heterocycles. The number of rotatable bonds is 2. The van der Waals surface area contributed by atoms with Gasteiger partial charge in [0.25, 0.3) is 0 Å². The van der Waals surface area contributed by atoms with Crippen molar-refractivity contribution in [1.29, 1.82) is 0 Å². The largest absolute Gasteiger partial charge is 0.492 e. The Kier molecular flexibility index (Phi) is 3.14. The van der Waals surface area contributed by atoms with E-state index >= 15 is 0 Å². The summed E-state index contributed by atoms with van der Waals surface area (Å²) in [6.07, 6.45) is 0. The Morgan fingerprint density at radius 1 is 1.57 bits per heavy atom. The topological polar surface area (TPSA) is 74.4 Å². The van der Waals surface area contributed by atoms with Crippen molar-refractivity contribution in [3.05, 3.63) is 16.9 Å². The van der Waals surface area contributed by atoms with Crippen LogP contribution in [-0.2, 0) is 4.74 Å². The minimum Gasteiger partial charge on any atom is -0.492 e. The van der Waals surface area contributed by atoms with Crippen LogP contribution in [0.25, 0.3) is 0 Å². The maximum Gasteiger partial charge on any atom is 0.360 e. The molecule has 5 nitrogen and oxygen atoms in total. The lowest BCUT2D eigenvalue weighted by molar-refractivity contribution is 0.0590. The smallest absolute Gasteiger partial charge is 0.360 e. The highest BCUT2D eigenvalue weighted by atomic mass is 35.5.